The molecule has 2 aromatic carbocycles. The highest BCUT2D eigenvalue weighted by atomic mass is 35.5. The van der Waals surface area contributed by atoms with Crippen LogP contribution in [0.2, 0.25) is 5.02 Å². The van der Waals surface area contributed by atoms with E-state index in [1.54, 1.807) is 17.0 Å². The highest BCUT2D eigenvalue weighted by molar-refractivity contribution is 6.30. The predicted molar refractivity (Wildman–Crippen MR) is 126 cm³/mol. The lowest BCUT2D eigenvalue weighted by molar-refractivity contribution is -0.131. The van der Waals surface area contributed by atoms with E-state index in [1.807, 2.05) is 19.1 Å². The van der Waals surface area contributed by atoms with Crippen LogP contribution in [0.5, 0.6) is 0 Å². The molecule has 2 heterocycles. The smallest absolute Gasteiger partial charge is 0.268 e. The summed E-state index contributed by atoms with van der Waals surface area (Å²) in [6.07, 6.45) is 0.676. The van der Waals surface area contributed by atoms with Gasteiger partial charge in [0.2, 0.25) is 5.91 Å². The van der Waals surface area contributed by atoms with Gasteiger partial charge < -0.3 is 20.5 Å². The van der Waals surface area contributed by atoms with Crippen molar-refractivity contribution in [1.82, 2.24) is 15.2 Å². The zero-order valence-corrected chi connectivity index (χ0v) is 19.0. The van der Waals surface area contributed by atoms with Gasteiger partial charge in [-0.3, -0.25) is 14.4 Å². The number of benzene rings is 2. The summed E-state index contributed by atoms with van der Waals surface area (Å²) in [4.78, 5) is 41.4. The molecule has 174 valence electrons. The zero-order chi connectivity index (χ0) is 24.4. The first kappa shape index (κ1) is 23.3. The van der Waals surface area contributed by atoms with Gasteiger partial charge in [-0.2, -0.15) is 5.26 Å². The molecule has 0 radical (unpaired) electrons. The molecule has 1 aromatic heterocycles. The maximum atomic E-state index is 14.7. The Morgan fingerprint density at radius 2 is 2.09 bits per heavy atom. The van der Waals surface area contributed by atoms with Crippen molar-refractivity contribution in [1.29, 1.82) is 5.26 Å². The van der Waals surface area contributed by atoms with Gasteiger partial charge in [0.15, 0.2) is 0 Å². The van der Waals surface area contributed by atoms with Gasteiger partial charge in [0.05, 0.1) is 29.7 Å². The Labute approximate surface area is 199 Å². The molecule has 0 spiro atoms. The SMILES string of the molecule is C[C@H]1c2ccc(Cl)cc2CCN1C(=O)CNc1cc2cc(C(=O)NCC#N)[nH]c(=O)c2cc1F. The summed E-state index contributed by atoms with van der Waals surface area (Å²) in [7, 11) is 0. The number of amides is 2. The number of carbonyl (C=O) groups excluding carboxylic acids is 2. The largest absolute Gasteiger partial charge is 0.374 e. The van der Waals surface area contributed by atoms with Crippen LogP contribution in [-0.2, 0) is 11.2 Å². The molecule has 8 nitrogen and oxygen atoms in total. The lowest BCUT2D eigenvalue weighted by atomic mass is 9.93. The second kappa shape index (κ2) is 9.53. The fraction of sp³-hybridized carbons (Fsp3) is 0.250. The summed E-state index contributed by atoms with van der Waals surface area (Å²) in [5.41, 5.74) is 1.48. The first-order valence-electron chi connectivity index (χ1n) is 10.6. The third-order valence-electron chi connectivity index (χ3n) is 5.90. The van der Waals surface area contributed by atoms with E-state index >= 15 is 0 Å². The standard InChI is InChI=1S/C24H21ClFN5O3/c1-13-17-3-2-16(25)8-14(17)4-7-31(13)22(32)12-29-20-9-15-10-21(24(34)28-6-5-27)30-23(33)18(15)11-19(20)26/h2-3,8-11,13,29H,4,6-7,12H2,1H3,(H,28,34)(H,30,33)/t13-/m0/s1. The van der Waals surface area contributed by atoms with Crippen LogP contribution in [0, 0.1) is 17.1 Å². The molecule has 34 heavy (non-hydrogen) atoms. The third-order valence-corrected chi connectivity index (χ3v) is 6.13. The summed E-state index contributed by atoms with van der Waals surface area (Å²) in [6, 6.07) is 11.1. The first-order valence-corrected chi connectivity index (χ1v) is 11.0. The fourth-order valence-corrected chi connectivity index (χ4v) is 4.37. The van der Waals surface area contributed by atoms with E-state index in [0.717, 1.165) is 17.2 Å². The molecule has 0 saturated carbocycles. The molecular weight excluding hydrogens is 461 g/mol. The number of aromatic nitrogens is 1. The van der Waals surface area contributed by atoms with E-state index < -0.39 is 17.3 Å². The summed E-state index contributed by atoms with van der Waals surface area (Å²) in [5.74, 6) is -1.52. The van der Waals surface area contributed by atoms with E-state index in [2.05, 4.69) is 15.6 Å². The summed E-state index contributed by atoms with van der Waals surface area (Å²) in [6.45, 7) is 2.09. The number of hydrogen-bond acceptors (Lipinski definition) is 5. The lowest BCUT2D eigenvalue weighted by Crippen LogP contribution is -2.41. The number of nitrogens with one attached hydrogen (secondary N) is 3. The first-order chi connectivity index (χ1) is 16.3. The number of hydrogen-bond donors (Lipinski definition) is 3. The maximum Gasteiger partial charge on any atom is 0.268 e. The minimum atomic E-state index is -0.695. The molecule has 4 rings (SSSR count). The average Bonchev–Trinajstić information content (AvgIpc) is 2.81. The molecule has 0 bridgehead atoms. The van der Waals surface area contributed by atoms with Gasteiger partial charge in [-0.15, -0.1) is 0 Å². The van der Waals surface area contributed by atoms with Crippen molar-refractivity contribution in [2.45, 2.75) is 19.4 Å². The van der Waals surface area contributed by atoms with Crippen LogP contribution in [0.4, 0.5) is 10.1 Å². The highest BCUT2D eigenvalue weighted by Crippen LogP contribution is 2.31. The van der Waals surface area contributed by atoms with Crippen LogP contribution in [0.3, 0.4) is 0 Å². The van der Waals surface area contributed by atoms with Gasteiger partial charge in [-0.1, -0.05) is 17.7 Å². The number of anilines is 1. The Kier molecular flexibility index (Phi) is 6.52. The van der Waals surface area contributed by atoms with Crippen molar-refractivity contribution < 1.29 is 14.0 Å². The molecule has 2 amide bonds. The predicted octanol–water partition coefficient (Wildman–Crippen LogP) is 3.13. The van der Waals surface area contributed by atoms with Crippen molar-refractivity contribution in [3.63, 3.8) is 0 Å². The van der Waals surface area contributed by atoms with E-state index in [9.17, 15) is 18.8 Å². The van der Waals surface area contributed by atoms with Crippen molar-refractivity contribution in [2.24, 2.45) is 0 Å². The summed E-state index contributed by atoms with van der Waals surface area (Å²) < 4.78 is 14.7. The molecule has 1 atom stereocenters. The number of fused-ring (bicyclic) bond motifs is 2. The fourth-order valence-electron chi connectivity index (χ4n) is 4.17. The Bertz CT molecular complexity index is 1400. The second-order valence-electron chi connectivity index (χ2n) is 7.98. The van der Waals surface area contributed by atoms with Crippen molar-refractivity contribution >= 4 is 39.9 Å². The molecule has 0 unspecified atom stereocenters. The minimum Gasteiger partial charge on any atom is -0.374 e. The number of nitriles is 1. The monoisotopic (exact) mass is 481 g/mol. The van der Waals surface area contributed by atoms with Gasteiger partial charge in [0.25, 0.3) is 11.5 Å². The molecule has 0 fully saturated rings. The quantitative estimate of drug-likeness (QED) is 0.484. The molecular formula is C24H21ClFN5O3. The summed E-state index contributed by atoms with van der Waals surface area (Å²) in [5, 5.41) is 14.8. The van der Waals surface area contributed by atoms with E-state index in [0.29, 0.717) is 23.4 Å². The number of pyridine rings is 1. The number of nitrogens with zero attached hydrogens (tertiary/aromatic N) is 2. The lowest BCUT2D eigenvalue weighted by Gasteiger charge is -2.35. The van der Waals surface area contributed by atoms with E-state index in [-0.39, 0.29) is 41.8 Å². The molecule has 0 saturated heterocycles. The molecule has 3 aromatic rings. The topological polar surface area (TPSA) is 118 Å². The minimum absolute atomic E-state index is 0.0340. The van der Waals surface area contributed by atoms with Crippen LogP contribution in [0.25, 0.3) is 10.8 Å². The van der Waals surface area contributed by atoms with E-state index in [4.69, 9.17) is 16.9 Å². The van der Waals surface area contributed by atoms with Gasteiger partial charge in [0.1, 0.15) is 18.1 Å². The molecule has 3 N–H and O–H groups in total. The summed E-state index contributed by atoms with van der Waals surface area (Å²) >= 11 is 6.07. The van der Waals surface area contributed by atoms with Crippen LogP contribution in [0.1, 0.15) is 34.6 Å². The Hall–Kier alpha value is -3.90. The van der Waals surface area contributed by atoms with Crippen molar-refractivity contribution in [2.75, 3.05) is 25.0 Å². The van der Waals surface area contributed by atoms with Crippen molar-refractivity contribution in [3.05, 3.63) is 74.4 Å². The molecule has 0 aliphatic carbocycles. The average molecular weight is 482 g/mol. The van der Waals surface area contributed by atoms with Crippen LogP contribution in [0.15, 0.2) is 41.2 Å². The van der Waals surface area contributed by atoms with Crippen LogP contribution < -0.4 is 16.2 Å². The zero-order valence-electron chi connectivity index (χ0n) is 18.2. The normalized spacial score (nSPS) is 14.9. The second-order valence-corrected chi connectivity index (χ2v) is 8.42. The number of halogens is 2. The molecule has 10 heteroatoms. The van der Waals surface area contributed by atoms with E-state index in [1.165, 1.54) is 12.1 Å². The Balaban J connectivity index is 1.52. The molecule has 1 aliphatic heterocycles. The Morgan fingerprint density at radius 1 is 1.29 bits per heavy atom. The van der Waals surface area contributed by atoms with Crippen LogP contribution >= 0.6 is 11.6 Å². The number of H-pyrrole nitrogens is 1. The number of rotatable bonds is 5. The van der Waals surface area contributed by atoms with Gasteiger partial charge in [-0.25, -0.2) is 4.39 Å². The van der Waals surface area contributed by atoms with Gasteiger partial charge >= 0.3 is 0 Å². The Morgan fingerprint density at radius 3 is 2.85 bits per heavy atom. The number of aromatic amines is 1. The van der Waals surface area contributed by atoms with Crippen molar-refractivity contribution in [3.8, 4) is 6.07 Å². The highest BCUT2D eigenvalue weighted by Gasteiger charge is 2.27. The maximum absolute atomic E-state index is 14.7. The number of carbonyl (C=O) groups is 2. The van der Waals surface area contributed by atoms with Gasteiger partial charge in [-0.05, 0) is 60.2 Å². The van der Waals surface area contributed by atoms with Crippen LogP contribution in [-0.4, -0.2) is 41.3 Å². The molecule has 1 aliphatic rings. The van der Waals surface area contributed by atoms with Gasteiger partial charge in [0, 0.05) is 11.6 Å². The third kappa shape index (κ3) is 4.58.